The number of hydrogen-bond acceptors (Lipinski definition) is 5. The number of nitrogens with zero attached hydrogens (tertiary/aromatic N) is 2. The van der Waals surface area contributed by atoms with Crippen LogP contribution in [-0.2, 0) is 4.79 Å². The number of para-hydroxylation sites is 1. The zero-order valence-electron chi connectivity index (χ0n) is 14.7. The molecule has 1 N–H and O–H groups in total. The summed E-state index contributed by atoms with van der Waals surface area (Å²) in [5.41, 5.74) is 0.642. The molecular weight excluding hydrogens is 397 g/mol. The van der Waals surface area contributed by atoms with Crippen LogP contribution in [0.2, 0.25) is 0 Å². The summed E-state index contributed by atoms with van der Waals surface area (Å²) in [6.07, 6.45) is 1.44. The number of thiocarbonyl (C=S) groups is 1. The van der Waals surface area contributed by atoms with E-state index >= 15 is 0 Å². The van der Waals surface area contributed by atoms with Gasteiger partial charge in [0.25, 0.3) is 11.6 Å². The first-order chi connectivity index (χ1) is 13.9. The number of nitro groups is 1. The largest absolute Gasteiger partial charge is 0.457 e. The van der Waals surface area contributed by atoms with E-state index < -0.39 is 16.6 Å². The number of non-ortho nitro benzene ring substituents is 1. The van der Waals surface area contributed by atoms with Crippen molar-refractivity contribution in [1.82, 2.24) is 5.32 Å². The first kappa shape index (κ1) is 18.5. The molecule has 144 valence electrons. The maximum absolute atomic E-state index is 14.1. The van der Waals surface area contributed by atoms with Crippen molar-refractivity contribution in [1.29, 1.82) is 0 Å². The van der Waals surface area contributed by atoms with E-state index in [2.05, 4.69) is 5.32 Å². The molecule has 1 aromatic heterocycles. The Hall–Kier alpha value is -3.85. The molecule has 0 unspecified atom stereocenters. The van der Waals surface area contributed by atoms with Crippen LogP contribution in [-0.4, -0.2) is 15.9 Å². The Bertz CT molecular complexity index is 1190. The molecule has 3 aromatic rings. The van der Waals surface area contributed by atoms with E-state index in [1.54, 1.807) is 30.3 Å². The van der Waals surface area contributed by atoms with E-state index in [1.165, 1.54) is 36.4 Å². The third kappa shape index (κ3) is 3.50. The lowest BCUT2D eigenvalue weighted by molar-refractivity contribution is -0.384. The highest BCUT2D eigenvalue weighted by Gasteiger charge is 2.33. The lowest BCUT2D eigenvalue weighted by atomic mass is 10.1. The first-order valence-corrected chi connectivity index (χ1v) is 8.81. The number of nitrogens with one attached hydrogen (secondary N) is 1. The topological polar surface area (TPSA) is 88.6 Å². The smallest absolute Gasteiger partial charge is 0.281 e. The molecule has 1 saturated heterocycles. The van der Waals surface area contributed by atoms with Crippen molar-refractivity contribution in [3.63, 3.8) is 0 Å². The van der Waals surface area contributed by atoms with Gasteiger partial charge in [0.15, 0.2) is 5.11 Å². The normalized spacial score (nSPS) is 15.1. The SMILES string of the molecule is O=C1/C(=C/c2ccc(-c3cccc([N+](=O)[O-])c3)o2)NC(=S)N1c1ccccc1F. The number of amides is 1. The van der Waals surface area contributed by atoms with Gasteiger partial charge in [0.2, 0.25) is 0 Å². The quantitative estimate of drug-likeness (QED) is 0.300. The maximum atomic E-state index is 14.1. The summed E-state index contributed by atoms with van der Waals surface area (Å²) in [5.74, 6) is -0.356. The number of anilines is 1. The summed E-state index contributed by atoms with van der Waals surface area (Å²) < 4.78 is 19.7. The molecule has 7 nitrogen and oxygen atoms in total. The molecule has 0 bridgehead atoms. The number of carbonyl (C=O) groups is 1. The molecule has 0 spiro atoms. The molecule has 0 atom stereocenters. The number of hydrogen-bond donors (Lipinski definition) is 1. The van der Waals surface area contributed by atoms with Gasteiger partial charge >= 0.3 is 0 Å². The second-order valence-corrected chi connectivity index (χ2v) is 6.48. The zero-order valence-corrected chi connectivity index (χ0v) is 15.5. The first-order valence-electron chi connectivity index (χ1n) is 8.40. The second kappa shape index (κ2) is 7.28. The van der Waals surface area contributed by atoms with Crippen LogP contribution < -0.4 is 10.2 Å². The van der Waals surface area contributed by atoms with Crippen molar-refractivity contribution in [3.05, 3.63) is 88.1 Å². The Morgan fingerprint density at radius 3 is 2.69 bits per heavy atom. The lowest BCUT2D eigenvalue weighted by Crippen LogP contribution is -2.31. The van der Waals surface area contributed by atoms with Crippen LogP contribution in [0.4, 0.5) is 15.8 Å². The number of carbonyl (C=O) groups excluding carboxylic acids is 1. The highest BCUT2D eigenvalue weighted by molar-refractivity contribution is 7.80. The molecule has 1 amide bonds. The van der Waals surface area contributed by atoms with Gasteiger partial charge in [-0.1, -0.05) is 24.3 Å². The van der Waals surface area contributed by atoms with Crippen LogP contribution in [0.3, 0.4) is 0 Å². The minimum atomic E-state index is -0.572. The fourth-order valence-electron chi connectivity index (χ4n) is 2.89. The second-order valence-electron chi connectivity index (χ2n) is 6.09. The van der Waals surface area contributed by atoms with Gasteiger partial charge in [0.1, 0.15) is 23.0 Å². The summed E-state index contributed by atoms with van der Waals surface area (Å²) in [7, 11) is 0. The van der Waals surface area contributed by atoms with Crippen LogP contribution in [0.15, 0.2) is 70.8 Å². The molecule has 1 aliphatic rings. The van der Waals surface area contributed by atoms with Gasteiger partial charge in [-0.25, -0.2) is 9.29 Å². The van der Waals surface area contributed by atoms with Gasteiger partial charge in [-0.15, -0.1) is 0 Å². The molecular formula is C20H12FN3O4S. The Labute approximate surface area is 169 Å². The fraction of sp³-hybridized carbons (Fsp3) is 0. The Morgan fingerprint density at radius 1 is 1.14 bits per heavy atom. The number of rotatable bonds is 4. The van der Waals surface area contributed by atoms with E-state index in [4.69, 9.17) is 16.6 Å². The summed E-state index contributed by atoms with van der Waals surface area (Å²) in [5, 5.41) is 13.7. The summed E-state index contributed by atoms with van der Waals surface area (Å²) >= 11 is 5.17. The fourth-order valence-corrected chi connectivity index (χ4v) is 3.18. The van der Waals surface area contributed by atoms with Gasteiger partial charge in [0.05, 0.1) is 10.6 Å². The van der Waals surface area contributed by atoms with Crippen LogP contribution in [0.25, 0.3) is 17.4 Å². The van der Waals surface area contributed by atoms with Gasteiger partial charge in [0, 0.05) is 23.8 Å². The third-order valence-electron chi connectivity index (χ3n) is 4.23. The predicted molar refractivity (Wildman–Crippen MR) is 108 cm³/mol. The van der Waals surface area contributed by atoms with Gasteiger partial charge in [-0.3, -0.25) is 14.9 Å². The number of nitro benzene ring substituents is 1. The van der Waals surface area contributed by atoms with Crippen molar-refractivity contribution < 1.29 is 18.5 Å². The van der Waals surface area contributed by atoms with E-state index in [0.717, 1.165) is 4.90 Å². The van der Waals surface area contributed by atoms with Gasteiger partial charge in [-0.2, -0.15) is 0 Å². The number of furan rings is 1. The summed E-state index contributed by atoms with van der Waals surface area (Å²) in [6, 6.07) is 15.1. The molecule has 0 radical (unpaired) electrons. The zero-order chi connectivity index (χ0) is 20.5. The van der Waals surface area contributed by atoms with E-state index in [0.29, 0.717) is 17.1 Å². The van der Waals surface area contributed by atoms with Crippen molar-refractivity contribution >= 4 is 40.7 Å². The predicted octanol–water partition coefficient (Wildman–Crippen LogP) is 4.26. The van der Waals surface area contributed by atoms with Crippen molar-refractivity contribution in [2.45, 2.75) is 0 Å². The van der Waals surface area contributed by atoms with Gasteiger partial charge in [-0.05, 0) is 36.5 Å². The number of halogens is 1. The minimum Gasteiger partial charge on any atom is -0.457 e. The Morgan fingerprint density at radius 2 is 1.93 bits per heavy atom. The average molecular weight is 409 g/mol. The molecule has 1 aliphatic heterocycles. The van der Waals surface area contributed by atoms with Gasteiger partial charge < -0.3 is 9.73 Å². The monoisotopic (exact) mass is 409 g/mol. The highest BCUT2D eigenvalue weighted by Crippen LogP contribution is 2.28. The van der Waals surface area contributed by atoms with Crippen LogP contribution >= 0.6 is 12.2 Å². The summed E-state index contributed by atoms with van der Waals surface area (Å²) in [4.78, 5) is 24.2. The van der Waals surface area contributed by atoms with Crippen molar-refractivity contribution in [2.75, 3.05) is 4.90 Å². The molecule has 4 rings (SSSR count). The van der Waals surface area contributed by atoms with Crippen LogP contribution in [0.5, 0.6) is 0 Å². The van der Waals surface area contributed by atoms with E-state index in [-0.39, 0.29) is 22.2 Å². The average Bonchev–Trinajstić information content (AvgIpc) is 3.28. The van der Waals surface area contributed by atoms with E-state index in [1.807, 2.05) is 0 Å². The van der Waals surface area contributed by atoms with Crippen molar-refractivity contribution in [3.8, 4) is 11.3 Å². The Kier molecular flexibility index (Phi) is 4.65. The molecule has 0 aliphatic carbocycles. The highest BCUT2D eigenvalue weighted by atomic mass is 32.1. The van der Waals surface area contributed by atoms with Crippen LogP contribution in [0.1, 0.15) is 5.76 Å². The molecule has 1 fully saturated rings. The molecule has 29 heavy (non-hydrogen) atoms. The van der Waals surface area contributed by atoms with E-state index in [9.17, 15) is 19.3 Å². The maximum Gasteiger partial charge on any atom is 0.281 e. The third-order valence-corrected chi connectivity index (χ3v) is 4.51. The standard InChI is InChI=1S/C20H12FN3O4S/c21-15-6-1-2-7-17(15)23-19(25)16(22-20(23)29)11-14-8-9-18(28-14)12-4-3-5-13(10-12)24(26)27/h1-11H,(H,22,29)/b16-11-. The molecule has 0 saturated carbocycles. The van der Waals surface area contributed by atoms with Crippen molar-refractivity contribution in [2.24, 2.45) is 0 Å². The Balaban J connectivity index is 1.62. The minimum absolute atomic E-state index is 0.0510. The molecule has 2 heterocycles. The molecule has 2 aromatic carbocycles. The van der Waals surface area contributed by atoms with Crippen LogP contribution in [0, 0.1) is 15.9 Å². The lowest BCUT2D eigenvalue weighted by Gasteiger charge is -2.14. The summed E-state index contributed by atoms with van der Waals surface area (Å²) in [6.45, 7) is 0. The molecule has 9 heteroatoms. The number of benzene rings is 2.